The predicted octanol–water partition coefficient (Wildman–Crippen LogP) is 0.964. The van der Waals surface area contributed by atoms with Gasteiger partial charge in [0.2, 0.25) is 0 Å². The van der Waals surface area contributed by atoms with Crippen molar-refractivity contribution in [2.75, 3.05) is 0 Å². The van der Waals surface area contributed by atoms with Gasteiger partial charge in [0, 0.05) is 0 Å². The average Bonchev–Trinajstić information content (AvgIpc) is 2.36. The summed E-state index contributed by atoms with van der Waals surface area (Å²) in [6.07, 6.45) is 3.06. The summed E-state index contributed by atoms with van der Waals surface area (Å²) in [6, 6.07) is 0. The second kappa shape index (κ2) is 4.34. The van der Waals surface area contributed by atoms with Crippen LogP contribution in [0, 0.1) is 0 Å². The van der Waals surface area contributed by atoms with Gasteiger partial charge in [-0.3, -0.25) is 5.43 Å². The monoisotopic (exact) mass is 220 g/mol. The van der Waals surface area contributed by atoms with Gasteiger partial charge in [0.1, 0.15) is 0 Å². The number of rotatable bonds is 2. The highest BCUT2D eigenvalue weighted by molar-refractivity contribution is 7.80. The molecular formula is C5H5ClN4S2. The van der Waals surface area contributed by atoms with E-state index in [1.54, 1.807) is 6.20 Å². The van der Waals surface area contributed by atoms with Crippen molar-refractivity contribution in [3.63, 3.8) is 0 Å². The Hall–Kier alpha value is -0.720. The number of nitrogens with one attached hydrogen (secondary N) is 1. The lowest BCUT2D eigenvalue weighted by Gasteiger charge is -1.91. The summed E-state index contributed by atoms with van der Waals surface area (Å²) in [5.41, 5.74) is 7.54. The number of hydrazone groups is 1. The summed E-state index contributed by atoms with van der Waals surface area (Å²) < 4.78 is 3.85. The van der Waals surface area contributed by atoms with Crippen LogP contribution in [-0.4, -0.2) is 15.7 Å². The fourth-order valence-corrected chi connectivity index (χ4v) is 1.30. The number of hydrogen-bond donors (Lipinski definition) is 2. The topological polar surface area (TPSA) is 63.3 Å². The zero-order valence-corrected chi connectivity index (χ0v) is 8.21. The number of hydrogen-bond acceptors (Lipinski definition) is 4. The van der Waals surface area contributed by atoms with Gasteiger partial charge in [-0.25, -0.2) is 0 Å². The molecule has 3 N–H and O–H groups in total. The number of aromatic nitrogens is 1. The third kappa shape index (κ3) is 2.72. The maximum absolute atomic E-state index is 5.72. The third-order valence-corrected chi connectivity index (χ3v) is 2.15. The molecule has 0 saturated heterocycles. The molecule has 0 bridgehead atoms. The van der Waals surface area contributed by atoms with Gasteiger partial charge in [-0.15, -0.1) is 0 Å². The molecule has 0 amide bonds. The summed E-state index contributed by atoms with van der Waals surface area (Å²) >= 11 is 11.5. The van der Waals surface area contributed by atoms with Gasteiger partial charge in [0.05, 0.1) is 22.3 Å². The first kappa shape index (κ1) is 9.37. The second-order valence-corrected chi connectivity index (χ2v) is 3.45. The van der Waals surface area contributed by atoms with Crippen molar-refractivity contribution in [1.29, 1.82) is 0 Å². The lowest BCUT2D eigenvalue weighted by atomic mass is 10.5. The van der Waals surface area contributed by atoms with Crippen molar-refractivity contribution in [3.05, 3.63) is 16.1 Å². The van der Waals surface area contributed by atoms with E-state index in [1.165, 1.54) is 17.7 Å². The Kier molecular flexibility index (Phi) is 3.39. The highest BCUT2D eigenvalue weighted by Gasteiger charge is 1.97. The van der Waals surface area contributed by atoms with Crippen LogP contribution in [0.5, 0.6) is 0 Å². The van der Waals surface area contributed by atoms with Crippen molar-refractivity contribution in [1.82, 2.24) is 9.80 Å². The molecule has 0 aliphatic rings. The van der Waals surface area contributed by atoms with E-state index in [1.807, 2.05) is 0 Å². The molecule has 7 heteroatoms. The lowest BCUT2D eigenvalue weighted by molar-refractivity contribution is 1.04. The average molecular weight is 221 g/mol. The van der Waals surface area contributed by atoms with Gasteiger partial charge < -0.3 is 5.73 Å². The Labute approximate surface area is 83.6 Å². The SMILES string of the molecule is NC(=S)NN=Cc1sncc1Cl. The molecule has 0 saturated carbocycles. The summed E-state index contributed by atoms with van der Waals surface area (Å²) in [5.74, 6) is 0. The van der Waals surface area contributed by atoms with Crippen molar-refractivity contribution < 1.29 is 0 Å². The molecule has 64 valence electrons. The molecule has 1 heterocycles. The molecular weight excluding hydrogens is 216 g/mol. The van der Waals surface area contributed by atoms with E-state index in [0.717, 1.165) is 4.88 Å². The van der Waals surface area contributed by atoms with Crippen LogP contribution < -0.4 is 11.2 Å². The molecule has 1 aromatic heterocycles. The highest BCUT2D eigenvalue weighted by atomic mass is 35.5. The van der Waals surface area contributed by atoms with Crippen LogP contribution in [0.15, 0.2) is 11.3 Å². The Morgan fingerprint density at radius 2 is 2.67 bits per heavy atom. The minimum absolute atomic E-state index is 0.117. The molecule has 0 unspecified atom stereocenters. The van der Waals surface area contributed by atoms with Crippen LogP contribution in [-0.2, 0) is 0 Å². The van der Waals surface area contributed by atoms with Crippen LogP contribution >= 0.6 is 35.4 Å². The molecule has 0 aliphatic carbocycles. The van der Waals surface area contributed by atoms with Gasteiger partial charge in [0.15, 0.2) is 5.11 Å². The van der Waals surface area contributed by atoms with Gasteiger partial charge in [0.25, 0.3) is 0 Å². The minimum atomic E-state index is 0.117. The zero-order chi connectivity index (χ0) is 8.97. The molecule has 0 radical (unpaired) electrons. The minimum Gasteiger partial charge on any atom is -0.375 e. The molecule has 0 atom stereocenters. The van der Waals surface area contributed by atoms with Crippen LogP contribution in [0.4, 0.5) is 0 Å². The van der Waals surface area contributed by atoms with Crippen LogP contribution in [0.2, 0.25) is 5.02 Å². The molecule has 12 heavy (non-hydrogen) atoms. The number of nitrogens with zero attached hydrogens (tertiary/aromatic N) is 2. The second-order valence-electron chi connectivity index (χ2n) is 1.77. The highest BCUT2D eigenvalue weighted by Crippen LogP contribution is 2.16. The predicted molar refractivity (Wildman–Crippen MR) is 54.6 cm³/mol. The van der Waals surface area contributed by atoms with E-state index in [4.69, 9.17) is 17.3 Å². The normalized spacial score (nSPS) is 10.4. The Morgan fingerprint density at radius 3 is 3.17 bits per heavy atom. The maximum atomic E-state index is 5.72. The number of thiocarbonyl (C=S) groups is 1. The Balaban J connectivity index is 2.57. The largest absolute Gasteiger partial charge is 0.375 e. The summed E-state index contributed by atoms with van der Waals surface area (Å²) in [6.45, 7) is 0. The molecule has 4 nitrogen and oxygen atoms in total. The van der Waals surface area contributed by atoms with Crippen molar-refractivity contribution in [2.45, 2.75) is 0 Å². The first-order valence-corrected chi connectivity index (χ1v) is 4.45. The quantitative estimate of drug-likeness (QED) is 0.443. The lowest BCUT2D eigenvalue weighted by Crippen LogP contribution is -2.23. The number of nitrogens with two attached hydrogens (primary N) is 1. The van der Waals surface area contributed by atoms with Gasteiger partial charge >= 0.3 is 0 Å². The van der Waals surface area contributed by atoms with E-state index in [9.17, 15) is 0 Å². The van der Waals surface area contributed by atoms with Crippen LogP contribution in [0.3, 0.4) is 0 Å². The maximum Gasteiger partial charge on any atom is 0.184 e. The molecule has 1 rings (SSSR count). The standard InChI is InChI=1S/C5H5ClN4S2/c6-3-1-9-12-4(3)2-8-10-5(7)11/h1-2H,(H3,7,10,11). The van der Waals surface area contributed by atoms with E-state index in [2.05, 4.69) is 27.1 Å². The number of halogens is 1. The molecule has 1 aromatic rings. The third-order valence-electron chi connectivity index (χ3n) is 0.909. The van der Waals surface area contributed by atoms with Crippen molar-refractivity contribution in [3.8, 4) is 0 Å². The van der Waals surface area contributed by atoms with Crippen molar-refractivity contribution in [2.24, 2.45) is 10.8 Å². The molecule has 0 aliphatic heterocycles. The van der Waals surface area contributed by atoms with Gasteiger partial charge in [-0.2, -0.15) is 9.47 Å². The summed E-state index contributed by atoms with van der Waals surface area (Å²) in [4.78, 5) is 0.764. The first-order chi connectivity index (χ1) is 5.70. The van der Waals surface area contributed by atoms with Gasteiger partial charge in [-0.05, 0) is 23.8 Å². The Bertz CT molecular complexity index is 308. The van der Waals surface area contributed by atoms with E-state index in [-0.39, 0.29) is 5.11 Å². The molecule has 0 fully saturated rings. The van der Waals surface area contributed by atoms with Crippen LogP contribution in [0.25, 0.3) is 0 Å². The van der Waals surface area contributed by atoms with E-state index in [0.29, 0.717) is 5.02 Å². The summed E-state index contributed by atoms with van der Waals surface area (Å²) in [7, 11) is 0. The summed E-state index contributed by atoms with van der Waals surface area (Å²) in [5, 5.41) is 4.40. The first-order valence-electron chi connectivity index (χ1n) is 2.89. The van der Waals surface area contributed by atoms with Gasteiger partial charge in [-0.1, -0.05) is 11.6 Å². The van der Waals surface area contributed by atoms with Crippen molar-refractivity contribution >= 4 is 46.7 Å². The fraction of sp³-hybridized carbons (Fsp3) is 0. The fourth-order valence-electron chi connectivity index (χ4n) is 0.476. The Morgan fingerprint density at radius 1 is 1.92 bits per heavy atom. The molecule has 0 aromatic carbocycles. The van der Waals surface area contributed by atoms with E-state index < -0.39 is 0 Å². The smallest absolute Gasteiger partial charge is 0.184 e. The van der Waals surface area contributed by atoms with E-state index >= 15 is 0 Å². The van der Waals surface area contributed by atoms with Crippen LogP contribution in [0.1, 0.15) is 4.88 Å². The zero-order valence-electron chi connectivity index (χ0n) is 5.82. The molecule has 0 spiro atoms.